The number of aryl methyl sites for hydroxylation is 1. The topological polar surface area (TPSA) is 93.3 Å². The van der Waals surface area contributed by atoms with Crippen LogP contribution >= 0.6 is 11.6 Å². The highest BCUT2D eigenvalue weighted by atomic mass is 35.5. The number of ether oxygens (including phenoxy) is 1. The van der Waals surface area contributed by atoms with Crippen LogP contribution in [0.4, 0.5) is 0 Å². The van der Waals surface area contributed by atoms with E-state index < -0.39 is 17.9 Å². The fourth-order valence-electron chi connectivity index (χ4n) is 4.38. The van der Waals surface area contributed by atoms with Gasteiger partial charge in [-0.15, -0.1) is 0 Å². The van der Waals surface area contributed by atoms with E-state index >= 15 is 0 Å². The Balaban J connectivity index is 1.46. The molecule has 0 radical (unpaired) electrons. The van der Waals surface area contributed by atoms with Gasteiger partial charge in [0, 0.05) is 38.9 Å². The van der Waals surface area contributed by atoms with Gasteiger partial charge in [0.25, 0.3) is 0 Å². The van der Waals surface area contributed by atoms with Gasteiger partial charge in [0.1, 0.15) is 0 Å². The van der Waals surface area contributed by atoms with Gasteiger partial charge in [0.2, 0.25) is 5.78 Å². The van der Waals surface area contributed by atoms with Gasteiger partial charge in [0.05, 0.1) is 16.1 Å². The number of Topliss-reactive ketones (excluding diaryl/α,β-unsaturated/α-hetero) is 1. The molecule has 0 spiro atoms. The summed E-state index contributed by atoms with van der Waals surface area (Å²) in [5, 5.41) is 0.570. The van der Waals surface area contributed by atoms with Crippen LogP contribution in [0.3, 0.4) is 0 Å². The van der Waals surface area contributed by atoms with Crippen LogP contribution in [0, 0.1) is 6.92 Å². The van der Waals surface area contributed by atoms with Gasteiger partial charge >= 0.3 is 5.97 Å². The zero-order valence-electron chi connectivity index (χ0n) is 18.3. The number of fused-ring (bicyclic) bond motifs is 3. The first-order valence-corrected chi connectivity index (χ1v) is 11.0. The molecule has 6 nitrogen and oxygen atoms in total. The van der Waals surface area contributed by atoms with Gasteiger partial charge in [-0.2, -0.15) is 0 Å². The highest BCUT2D eigenvalue weighted by Crippen LogP contribution is 2.34. The van der Waals surface area contributed by atoms with E-state index in [0.29, 0.717) is 16.8 Å². The number of aromatic nitrogens is 1. The zero-order chi connectivity index (χ0) is 24.1. The van der Waals surface area contributed by atoms with Crippen molar-refractivity contribution < 1.29 is 23.9 Å². The number of halogens is 1. The molecule has 0 unspecified atom stereocenters. The first-order chi connectivity index (χ1) is 16.3. The number of esters is 1. The normalized spacial score (nSPS) is 13.4. The van der Waals surface area contributed by atoms with Crippen LogP contribution in [0.1, 0.15) is 65.2 Å². The largest absolute Gasteiger partial charge is 0.451 e. The lowest BCUT2D eigenvalue weighted by Crippen LogP contribution is -2.26. The number of H-pyrrole nitrogens is 1. The van der Waals surface area contributed by atoms with Gasteiger partial charge in [-0.05, 0) is 32.0 Å². The summed E-state index contributed by atoms with van der Waals surface area (Å²) < 4.78 is 5.45. The van der Waals surface area contributed by atoms with Crippen molar-refractivity contribution in [1.29, 1.82) is 0 Å². The highest BCUT2D eigenvalue weighted by Gasteiger charge is 2.34. The Morgan fingerprint density at radius 2 is 1.53 bits per heavy atom. The van der Waals surface area contributed by atoms with Crippen molar-refractivity contribution in [2.75, 3.05) is 0 Å². The summed E-state index contributed by atoms with van der Waals surface area (Å²) >= 11 is 6.45. The van der Waals surface area contributed by atoms with Crippen molar-refractivity contribution in [1.82, 2.24) is 4.98 Å². The molecule has 3 aromatic carbocycles. The number of hydrogen-bond acceptors (Lipinski definition) is 5. The van der Waals surface area contributed by atoms with Crippen LogP contribution in [0.2, 0.25) is 5.02 Å². The molecule has 0 saturated carbocycles. The molecule has 1 N–H and O–H groups in total. The number of benzene rings is 3. The maximum Gasteiger partial charge on any atom is 0.340 e. The van der Waals surface area contributed by atoms with E-state index in [1.165, 1.54) is 19.1 Å². The predicted molar refractivity (Wildman–Crippen MR) is 127 cm³/mol. The van der Waals surface area contributed by atoms with Crippen LogP contribution in [0.15, 0.2) is 60.7 Å². The molecular weight excluding hydrogens is 454 g/mol. The number of nitrogens with one attached hydrogen (secondary N) is 1. The molecule has 1 aliphatic carbocycles. The number of aromatic amines is 1. The molecule has 0 bridgehead atoms. The molecule has 0 aliphatic heterocycles. The van der Waals surface area contributed by atoms with E-state index in [0.717, 1.165) is 10.9 Å². The molecule has 0 fully saturated rings. The Hall–Kier alpha value is -4.03. The Morgan fingerprint density at radius 1 is 0.882 bits per heavy atom. The number of para-hydroxylation sites is 1. The highest BCUT2D eigenvalue weighted by molar-refractivity contribution is 6.41. The molecule has 1 heterocycles. The van der Waals surface area contributed by atoms with Crippen molar-refractivity contribution in [2.24, 2.45) is 0 Å². The molecule has 5 rings (SSSR count). The maximum absolute atomic E-state index is 13.1. The second kappa shape index (κ2) is 8.08. The van der Waals surface area contributed by atoms with Crippen LogP contribution in [-0.4, -0.2) is 34.4 Å². The van der Waals surface area contributed by atoms with Crippen molar-refractivity contribution in [3.63, 3.8) is 0 Å². The van der Waals surface area contributed by atoms with Gasteiger partial charge in [-0.3, -0.25) is 14.4 Å². The third-order valence-electron chi connectivity index (χ3n) is 6.04. The van der Waals surface area contributed by atoms with Crippen LogP contribution in [-0.2, 0) is 4.74 Å². The summed E-state index contributed by atoms with van der Waals surface area (Å²) in [7, 11) is 0. The lowest BCUT2D eigenvalue weighted by atomic mass is 9.83. The Labute approximate surface area is 199 Å². The van der Waals surface area contributed by atoms with Gasteiger partial charge in [-0.1, -0.05) is 54.1 Å². The number of ketones is 3. The molecule has 4 aromatic rings. The number of carbonyl (C=O) groups is 4. The maximum atomic E-state index is 13.1. The number of hydrogen-bond donors (Lipinski definition) is 1. The third kappa shape index (κ3) is 3.26. The summed E-state index contributed by atoms with van der Waals surface area (Å²) in [6.45, 7) is 3.27. The molecule has 1 aliphatic rings. The van der Waals surface area contributed by atoms with Crippen LogP contribution < -0.4 is 0 Å². The SMILES string of the molecule is Cc1[nH]c2ccccc2c1C(=O)[C@@H](C)OC(=O)c1ccc2c(c1Cl)C(=O)c1ccccc1C2=O. The Kier molecular flexibility index (Phi) is 5.18. The van der Waals surface area contributed by atoms with E-state index in [1.54, 1.807) is 31.2 Å². The van der Waals surface area contributed by atoms with E-state index in [1.807, 2.05) is 24.3 Å². The van der Waals surface area contributed by atoms with E-state index in [2.05, 4.69) is 4.98 Å². The molecule has 1 atom stereocenters. The zero-order valence-corrected chi connectivity index (χ0v) is 19.0. The number of rotatable bonds is 4. The average molecular weight is 472 g/mol. The summed E-state index contributed by atoms with van der Waals surface area (Å²) in [5.41, 5.74) is 2.45. The Morgan fingerprint density at radius 3 is 2.26 bits per heavy atom. The predicted octanol–water partition coefficient (Wildman–Crippen LogP) is 5.33. The fraction of sp³-hybridized carbons (Fsp3) is 0.111. The van der Waals surface area contributed by atoms with E-state index in [9.17, 15) is 19.2 Å². The average Bonchev–Trinajstić information content (AvgIpc) is 3.17. The van der Waals surface area contributed by atoms with Crippen molar-refractivity contribution in [3.8, 4) is 0 Å². The van der Waals surface area contributed by atoms with Gasteiger partial charge < -0.3 is 9.72 Å². The van der Waals surface area contributed by atoms with Crippen LogP contribution in [0.25, 0.3) is 10.9 Å². The minimum absolute atomic E-state index is 0.0359. The van der Waals surface area contributed by atoms with Crippen molar-refractivity contribution >= 4 is 45.8 Å². The van der Waals surface area contributed by atoms with Crippen molar-refractivity contribution in [2.45, 2.75) is 20.0 Å². The molecule has 1 aromatic heterocycles. The molecule has 34 heavy (non-hydrogen) atoms. The molecule has 168 valence electrons. The summed E-state index contributed by atoms with van der Waals surface area (Å²) in [6.07, 6.45) is -1.10. The quantitative estimate of drug-likeness (QED) is 0.282. The molecule has 0 saturated heterocycles. The van der Waals surface area contributed by atoms with Crippen LogP contribution in [0.5, 0.6) is 0 Å². The van der Waals surface area contributed by atoms with Gasteiger partial charge in [-0.25, -0.2) is 4.79 Å². The minimum atomic E-state index is -1.10. The first-order valence-electron chi connectivity index (χ1n) is 10.6. The first kappa shape index (κ1) is 21.8. The molecule has 0 amide bonds. The monoisotopic (exact) mass is 471 g/mol. The molecule has 7 heteroatoms. The standard InChI is InChI=1S/C27H18ClNO5/c1-13-21(17-9-5-6-10-20(17)29-13)24(30)14(2)34-27(33)19-12-11-18-22(23(19)28)26(32)16-8-4-3-7-15(16)25(18)31/h3-12,14,29H,1-2H3/t14-/m1/s1. The minimum Gasteiger partial charge on any atom is -0.451 e. The Bertz CT molecular complexity index is 1550. The second-order valence-corrected chi connectivity index (χ2v) is 8.51. The van der Waals surface area contributed by atoms with E-state index in [-0.39, 0.29) is 38.8 Å². The van der Waals surface area contributed by atoms with E-state index in [4.69, 9.17) is 16.3 Å². The number of carbonyl (C=O) groups excluding carboxylic acids is 4. The summed E-state index contributed by atoms with van der Waals surface area (Å²) in [5.74, 6) is -2.00. The molecular formula is C27H18ClNO5. The summed E-state index contributed by atoms with van der Waals surface area (Å²) in [4.78, 5) is 55.1. The fourth-order valence-corrected chi connectivity index (χ4v) is 4.71. The third-order valence-corrected chi connectivity index (χ3v) is 6.44. The second-order valence-electron chi connectivity index (χ2n) is 8.14. The van der Waals surface area contributed by atoms with Gasteiger partial charge in [0.15, 0.2) is 17.7 Å². The smallest absolute Gasteiger partial charge is 0.340 e. The summed E-state index contributed by atoms with van der Waals surface area (Å²) in [6, 6.07) is 16.6. The lowest BCUT2D eigenvalue weighted by molar-refractivity contribution is 0.0319. The lowest BCUT2D eigenvalue weighted by Gasteiger charge is -2.20. The van der Waals surface area contributed by atoms with Crippen molar-refractivity contribution in [3.05, 3.63) is 105 Å².